The van der Waals surface area contributed by atoms with Crippen LogP contribution in [0, 0.1) is 5.82 Å². The van der Waals surface area contributed by atoms with E-state index in [0.717, 1.165) is 23.9 Å². The van der Waals surface area contributed by atoms with E-state index in [9.17, 15) is 9.18 Å². The molecule has 1 aromatic heterocycles. The van der Waals surface area contributed by atoms with E-state index in [1.165, 1.54) is 12.1 Å². The first-order valence-electron chi connectivity index (χ1n) is 6.72. The zero-order chi connectivity index (χ0) is 15.4. The summed E-state index contributed by atoms with van der Waals surface area (Å²) in [4.78, 5) is 10.9. The van der Waals surface area contributed by atoms with E-state index in [1.54, 1.807) is 4.68 Å². The van der Waals surface area contributed by atoms with Crippen molar-refractivity contribution >= 4 is 17.9 Å². The van der Waals surface area contributed by atoms with Crippen molar-refractivity contribution in [2.45, 2.75) is 33.4 Å². The molecule has 0 aliphatic rings. The zero-order valence-electron chi connectivity index (χ0n) is 11.9. The maximum absolute atomic E-state index is 13.1. The van der Waals surface area contributed by atoms with Gasteiger partial charge in [-0.1, -0.05) is 18.5 Å². The van der Waals surface area contributed by atoms with Gasteiger partial charge in [-0.2, -0.15) is 5.10 Å². The van der Waals surface area contributed by atoms with Crippen LogP contribution in [0.3, 0.4) is 0 Å². The normalized spacial score (nSPS) is 10.7. The van der Waals surface area contributed by atoms with Gasteiger partial charge in [-0.3, -0.25) is 9.48 Å². The number of nitrogens with zero attached hydrogens (tertiary/aromatic N) is 2. The Labute approximate surface area is 127 Å². The van der Waals surface area contributed by atoms with Gasteiger partial charge in [0, 0.05) is 6.54 Å². The standard InChI is InChI=1S/C15H16ClFN2O2/c1-3-12-15(16)13(19(4-2)18-12)9-21-14-6-5-11(17)7-10(14)8-20/h5-8H,3-4,9H2,1-2H3. The van der Waals surface area contributed by atoms with Crippen molar-refractivity contribution in [2.75, 3.05) is 0 Å². The van der Waals surface area contributed by atoms with E-state index in [2.05, 4.69) is 5.10 Å². The largest absolute Gasteiger partial charge is 0.487 e. The molecule has 0 unspecified atom stereocenters. The summed E-state index contributed by atoms with van der Waals surface area (Å²) in [5.41, 5.74) is 1.73. The van der Waals surface area contributed by atoms with Crippen LogP contribution in [-0.4, -0.2) is 16.1 Å². The lowest BCUT2D eigenvalue weighted by Gasteiger charge is -2.10. The maximum Gasteiger partial charge on any atom is 0.153 e. The van der Waals surface area contributed by atoms with Crippen molar-refractivity contribution < 1.29 is 13.9 Å². The predicted molar refractivity (Wildman–Crippen MR) is 78.4 cm³/mol. The van der Waals surface area contributed by atoms with Gasteiger partial charge in [0.15, 0.2) is 6.29 Å². The SMILES string of the molecule is CCc1nn(CC)c(COc2ccc(F)cc2C=O)c1Cl. The van der Waals surface area contributed by atoms with Crippen molar-refractivity contribution in [1.82, 2.24) is 9.78 Å². The zero-order valence-corrected chi connectivity index (χ0v) is 12.7. The second-order valence-corrected chi connectivity index (χ2v) is 4.84. The molecule has 6 heteroatoms. The average Bonchev–Trinajstić information content (AvgIpc) is 2.81. The van der Waals surface area contributed by atoms with Crippen LogP contribution in [0.5, 0.6) is 5.75 Å². The third-order valence-electron chi connectivity index (χ3n) is 3.16. The summed E-state index contributed by atoms with van der Waals surface area (Å²) in [5.74, 6) is -0.154. The molecule has 0 radical (unpaired) electrons. The molecule has 1 heterocycles. The summed E-state index contributed by atoms with van der Waals surface area (Å²) in [6.07, 6.45) is 1.30. The molecule has 0 fully saturated rings. The summed E-state index contributed by atoms with van der Waals surface area (Å²) in [5, 5.41) is 4.97. The molecule has 4 nitrogen and oxygen atoms in total. The van der Waals surface area contributed by atoms with E-state index in [-0.39, 0.29) is 12.2 Å². The Morgan fingerprint density at radius 3 is 2.81 bits per heavy atom. The summed E-state index contributed by atoms with van der Waals surface area (Å²) in [6, 6.07) is 3.82. The topological polar surface area (TPSA) is 44.1 Å². The van der Waals surface area contributed by atoms with Crippen molar-refractivity contribution in [2.24, 2.45) is 0 Å². The van der Waals surface area contributed by atoms with Gasteiger partial charge in [0.1, 0.15) is 18.2 Å². The number of rotatable bonds is 6. The monoisotopic (exact) mass is 310 g/mol. The smallest absolute Gasteiger partial charge is 0.153 e. The maximum atomic E-state index is 13.1. The molecule has 21 heavy (non-hydrogen) atoms. The van der Waals surface area contributed by atoms with Crippen molar-refractivity contribution in [3.8, 4) is 5.75 Å². The third kappa shape index (κ3) is 3.24. The lowest BCUT2D eigenvalue weighted by atomic mass is 10.2. The van der Waals surface area contributed by atoms with E-state index in [1.807, 2.05) is 13.8 Å². The Morgan fingerprint density at radius 2 is 2.19 bits per heavy atom. The van der Waals surface area contributed by atoms with Gasteiger partial charge in [0.2, 0.25) is 0 Å². The van der Waals surface area contributed by atoms with Crippen LogP contribution < -0.4 is 4.74 Å². The molecule has 0 atom stereocenters. The van der Waals surface area contributed by atoms with Crippen molar-refractivity contribution in [3.63, 3.8) is 0 Å². The van der Waals surface area contributed by atoms with E-state index >= 15 is 0 Å². The van der Waals surface area contributed by atoms with Gasteiger partial charge in [0.25, 0.3) is 0 Å². The van der Waals surface area contributed by atoms with Crippen LogP contribution in [0.1, 0.15) is 35.6 Å². The first kappa shape index (κ1) is 15.5. The third-order valence-corrected chi connectivity index (χ3v) is 3.59. The highest BCUT2D eigenvalue weighted by Crippen LogP contribution is 2.25. The minimum Gasteiger partial charge on any atom is -0.487 e. The Morgan fingerprint density at radius 1 is 1.43 bits per heavy atom. The fourth-order valence-corrected chi connectivity index (χ4v) is 2.37. The molecule has 0 saturated heterocycles. The minimum atomic E-state index is -0.477. The van der Waals surface area contributed by atoms with E-state index < -0.39 is 5.82 Å². The highest BCUT2D eigenvalue weighted by molar-refractivity contribution is 6.31. The van der Waals surface area contributed by atoms with E-state index in [4.69, 9.17) is 16.3 Å². The number of aryl methyl sites for hydroxylation is 2. The van der Waals surface area contributed by atoms with Crippen LogP contribution in [0.4, 0.5) is 4.39 Å². The highest BCUT2D eigenvalue weighted by atomic mass is 35.5. The molecular formula is C15H16ClFN2O2. The number of hydrogen-bond acceptors (Lipinski definition) is 3. The van der Waals surface area contributed by atoms with Crippen LogP contribution in [0.2, 0.25) is 5.02 Å². The van der Waals surface area contributed by atoms with Gasteiger partial charge in [-0.25, -0.2) is 4.39 Å². The number of carbonyl (C=O) groups is 1. The molecule has 2 rings (SSSR count). The van der Waals surface area contributed by atoms with Crippen molar-refractivity contribution in [1.29, 1.82) is 0 Å². The first-order chi connectivity index (χ1) is 10.1. The molecule has 112 valence electrons. The van der Waals surface area contributed by atoms with Gasteiger partial charge in [-0.05, 0) is 31.5 Å². The summed E-state index contributed by atoms with van der Waals surface area (Å²) in [6.45, 7) is 4.78. The van der Waals surface area contributed by atoms with Crippen LogP contribution >= 0.6 is 11.6 Å². The lowest BCUT2D eigenvalue weighted by molar-refractivity contribution is 0.111. The first-order valence-corrected chi connectivity index (χ1v) is 7.10. The second-order valence-electron chi connectivity index (χ2n) is 4.47. The fraction of sp³-hybridized carbons (Fsp3) is 0.333. The van der Waals surface area contributed by atoms with E-state index in [0.29, 0.717) is 23.6 Å². The number of halogens is 2. The molecule has 0 aliphatic heterocycles. The van der Waals surface area contributed by atoms with Crippen LogP contribution in [-0.2, 0) is 19.6 Å². The lowest BCUT2D eigenvalue weighted by Crippen LogP contribution is -2.07. The quantitative estimate of drug-likeness (QED) is 0.765. The molecule has 1 aromatic carbocycles. The Hall–Kier alpha value is -1.88. The Balaban J connectivity index is 2.24. The number of aldehydes is 1. The number of ether oxygens (including phenoxy) is 1. The molecule has 0 bridgehead atoms. The van der Waals surface area contributed by atoms with Crippen LogP contribution in [0.25, 0.3) is 0 Å². The van der Waals surface area contributed by atoms with Gasteiger partial charge < -0.3 is 4.74 Å². The number of benzene rings is 1. The minimum absolute atomic E-state index is 0.171. The number of hydrogen-bond donors (Lipinski definition) is 0. The number of carbonyl (C=O) groups excluding carboxylic acids is 1. The summed E-state index contributed by atoms with van der Waals surface area (Å²) < 4.78 is 20.5. The van der Waals surface area contributed by atoms with Crippen LogP contribution in [0.15, 0.2) is 18.2 Å². The molecule has 0 N–H and O–H groups in total. The van der Waals surface area contributed by atoms with Crippen molar-refractivity contribution in [3.05, 3.63) is 46.0 Å². The second kappa shape index (κ2) is 6.72. The molecule has 0 spiro atoms. The molecule has 2 aromatic rings. The highest BCUT2D eigenvalue weighted by Gasteiger charge is 2.15. The summed E-state index contributed by atoms with van der Waals surface area (Å²) >= 11 is 6.28. The fourth-order valence-electron chi connectivity index (χ4n) is 2.04. The molecule has 0 aliphatic carbocycles. The predicted octanol–water partition coefficient (Wildman–Crippen LogP) is 3.65. The molecule has 0 amide bonds. The average molecular weight is 311 g/mol. The number of aromatic nitrogens is 2. The Bertz CT molecular complexity index is 655. The molecular weight excluding hydrogens is 295 g/mol. The Kier molecular flexibility index (Phi) is 4.96. The van der Waals surface area contributed by atoms with Gasteiger partial charge >= 0.3 is 0 Å². The molecule has 0 saturated carbocycles. The summed E-state index contributed by atoms with van der Waals surface area (Å²) in [7, 11) is 0. The van der Waals surface area contributed by atoms with Gasteiger partial charge in [0.05, 0.1) is 22.0 Å². The van der Waals surface area contributed by atoms with Gasteiger partial charge in [-0.15, -0.1) is 0 Å².